The maximum absolute atomic E-state index is 12.1. The second-order valence-corrected chi connectivity index (χ2v) is 10.6. The van der Waals surface area contributed by atoms with Gasteiger partial charge in [-0.05, 0) is 39.5 Å². The average molecular weight is 420 g/mol. The normalized spacial score (nSPS) is 15.6. The summed E-state index contributed by atoms with van der Waals surface area (Å²) >= 11 is 1.60. The lowest BCUT2D eigenvalue weighted by atomic mass is 9.91. The Balaban J connectivity index is 2.23. The van der Waals surface area contributed by atoms with Crippen LogP contribution in [0.25, 0.3) is 0 Å². The minimum Gasteiger partial charge on any atom is -0.465 e. The molecule has 6 nitrogen and oxygen atoms in total. The number of aromatic nitrogens is 2. The van der Waals surface area contributed by atoms with Crippen molar-refractivity contribution in [2.75, 3.05) is 12.4 Å². The molecule has 1 aromatic heterocycles. The highest BCUT2D eigenvalue weighted by molar-refractivity contribution is 7.99. The van der Waals surface area contributed by atoms with E-state index in [1.807, 2.05) is 20.8 Å². The molecular formula is C22H33N3O3S. The first-order valence-corrected chi connectivity index (χ1v) is 11.3. The second kappa shape index (κ2) is 9.80. The van der Waals surface area contributed by atoms with Gasteiger partial charge in [0.2, 0.25) is 5.88 Å². The van der Waals surface area contributed by atoms with Crippen molar-refractivity contribution in [1.82, 2.24) is 9.97 Å². The second-order valence-electron chi connectivity index (χ2n) is 9.58. The third kappa shape index (κ3) is 7.50. The summed E-state index contributed by atoms with van der Waals surface area (Å²) in [5.41, 5.74) is -0.609. The first kappa shape index (κ1) is 23.5. The lowest BCUT2D eigenvalue weighted by molar-refractivity contribution is -0.157. The van der Waals surface area contributed by atoms with Crippen LogP contribution < -0.4 is 4.74 Å². The zero-order valence-corrected chi connectivity index (χ0v) is 19.3. The lowest BCUT2D eigenvalue weighted by Crippen LogP contribution is -2.28. The lowest BCUT2D eigenvalue weighted by Gasteiger charge is -2.23. The Hall–Kier alpha value is -1.81. The van der Waals surface area contributed by atoms with Crippen molar-refractivity contribution < 1.29 is 14.3 Å². The largest absolute Gasteiger partial charge is 0.465 e. The van der Waals surface area contributed by atoms with Gasteiger partial charge in [-0.25, -0.2) is 9.78 Å². The Morgan fingerprint density at radius 3 is 2.34 bits per heavy atom. The molecule has 0 N–H and O–H groups in total. The molecule has 0 unspecified atom stereocenters. The van der Waals surface area contributed by atoms with Crippen molar-refractivity contribution >= 4 is 17.7 Å². The van der Waals surface area contributed by atoms with Gasteiger partial charge in [0.05, 0.1) is 0 Å². The number of carbonyl (C=O) groups excluding carboxylic acids is 1. The quantitative estimate of drug-likeness (QED) is 0.363. The molecule has 0 amide bonds. The summed E-state index contributed by atoms with van der Waals surface area (Å²) in [7, 11) is 0. The zero-order chi connectivity index (χ0) is 21.7. The van der Waals surface area contributed by atoms with Crippen molar-refractivity contribution in [2.45, 2.75) is 89.7 Å². The average Bonchev–Trinajstić information content (AvgIpc) is 2.62. The van der Waals surface area contributed by atoms with Crippen LogP contribution in [0.3, 0.4) is 0 Å². The third-order valence-electron chi connectivity index (χ3n) is 4.55. The van der Waals surface area contributed by atoms with E-state index in [-0.39, 0.29) is 17.9 Å². The van der Waals surface area contributed by atoms with Crippen LogP contribution in [0.15, 0.2) is 5.03 Å². The van der Waals surface area contributed by atoms with Crippen LogP contribution in [0.5, 0.6) is 5.88 Å². The van der Waals surface area contributed by atoms with Gasteiger partial charge in [0.25, 0.3) is 0 Å². The molecule has 1 fully saturated rings. The van der Waals surface area contributed by atoms with Gasteiger partial charge in [-0.15, -0.1) is 11.8 Å². The maximum atomic E-state index is 12.1. The summed E-state index contributed by atoms with van der Waals surface area (Å²) in [6.07, 6.45) is 6.33. The highest BCUT2D eigenvalue weighted by atomic mass is 32.2. The van der Waals surface area contributed by atoms with Crippen LogP contribution in [0.2, 0.25) is 0 Å². The van der Waals surface area contributed by atoms with Crippen molar-refractivity contribution in [1.29, 1.82) is 5.26 Å². The van der Waals surface area contributed by atoms with Crippen molar-refractivity contribution in [3.8, 4) is 11.9 Å². The van der Waals surface area contributed by atoms with Gasteiger partial charge in [-0.3, -0.25) is 0 Å². The first-order valence-electron chi connectivity index (χ1n) is 10.3. The van der Waals surface area contributed by atoms with Crippen LogP contribution in [0.4, 0.5) is 0 Å². The summed E-state index contributed by atoms with van der Waals surface area (Å²) in [5, 5.41) is 10.4. The first-order chi connectivity index (χ1) is 13.5. The molecule has 0 radical (unpaired) electrons. The van der Waals surface area contributed by atoms with E-state index in [0.29, 0.717) is 22.3 Å². The number of nitrogens with zero attached hydrogens (tertiary/aromatic N) is 3. The molecule has 2 rings (SSSR count). The number of nitriles is 1. The van der Waals surface area contributed by atoms with Gasteiger partial charge in [0.1, 0.15) is 28.1 Å². The number of esters is 1. The Morgan fingerprint density at radius 1 is 1.14 bits per heavy atom. The standard InChI is InChI=1S/C22H33N3O3S/c1-21(2,3)20-24-18(27-13-17(26)28-22(4,5)6)16(12-23)19(25-20)29-14-15-10-8-7-9-11-15/h15H,7-11,13-14H2,1-6H3. The molecule has 7 heteroatoms. The molecule has 1 aliphatic rings. The van der Waals surface area contributed by atoms with Gasteiger partial charge in [0, 0.05) is 11.2 Å². The van der Waals surface area contributed by atoms with Crippen LogP contribution in [-0.2, 0) is 14.9 Å². The number of hydrogen-bond donors (Lipinski definition) is 0. The van der Waals surface area contributed by atoms with E-state index >= 15 is 0 Å². The van der Waals surface area contributed by atoms with E-state index in [1.54, 1.807) is 32.5 Å². The fourth-order valence-electron chi connectivity index (χ4n) is 3.11. The van der Waals surface area contributed by atoms with Crippen LogP contribution in [0.1, 0.15) is 85.0 Å². The summed E-state index contributed by atoms with van der Waals surface area (Å²) < 4.78 is 10.9. The molecule has 0 atom stereocenters. The molecule has 160 valence electrons. The summed E-state index contributed by atoms with van der Waals surface area (Å²) in [5.74, 6) is 1.85. The minimum atomic E-state index is -0.595. The smallest absolute Gasteiger partial charge is 0.344 e. The molecular weight excluding hydrogens is 386 g/mol. The Morgan fingerprint density at radius 2 is 1.79 bits per heavy atom. The molecule has 0 saturated heterocycles. The van der Waals surface area contributed by atoms with Crippen LogP contribution >= 0.6 is 11.8 Å². The van der Waals surface area contributed by atoms with Crippen molar-refractivity contribution in [3.05, 3.63) is 11.4 Å². The highest BCUT2D eigenvalue weighted by Crippen LogP contribution is 2.34. The molecule has 0 bridgehead atoms. The van der Waals surface area contributed by atoms with E-state index in [0.717, 1.165) is 5.75 Å². The van der Waals surface area contributed by atoms with Gasteiger partial charge in [-0.1, -0.05) is 40.0 Å². The van der Waals surface area contributed by atoms with E-state index in [9.17, 15) is 10.1 Å². The van der Waals surface area contributed by atoms with Gasteiger partial charge >= 0.3 is 5.97 Å². The molecule has 1 aromatic rings. The van der Waals surface area contributed by atoms with Gasteiger partial charge in [-0.2, -0.15) is 10.2 Å². The fourth-order valence-corrected chi connectivity index (χ4v) is 4.26. The predicted octanol–water partition coefficient (Wildman–Crippen LogP) is 5.04. The SMILES string of the molecule is CC(C)(C)OC(=O)COc1nc(C(C)(C)C)nc(SCC2CCCCC2)c1C#N. The van der Waals surface area contributed by atoms with E-state index < -0.39 is 11.6 Å². The van der Waals surface area contributed by atoms with E-state index in [4.69, 9.17) is 9.47 Å². The molecule has 0 aromatic carbocycles. The van der Waals surface area contributed by atoms with E-state index in [1.165, 1.54) is 32.1 Å². The van der Waals surface area contributed by atoms with Crippen molar-refractivity contribution in [2.24, 2.45) is 5.92 Å². The van der Waals surface area contributed by atoms with Crippen LogP contribution in [0, 0.1) is 17.2 Å². The predicted molar refractivity (Wildman–Crippen MR) is 114 cm³/mol. The number of ether oxygens (including phenoxy) is 2. The zero-order valence-electron chi connectivity index (χ0n) is 18.5. The molecule has 29 heavy (non-hydrogen) atoms. The molecule has 0 spiro atoms. The summed E-state index contributed by atoms with van der Waals surface area (Å²) in [6, 6.07) is 2.18. The Kier molecular flexibility index (Phi) is 7.93. The van der Waals surface area contributed by atoms with E-state index in [2.05, 4.69) is 16.0 Å². The van der Waals surface area contributed by atoms with Crippen molar-refractivity contribution in [3.63, 3.8) is 0 Å². The summed E-state index contributed by atoms with van der Waals surface area (Å²) in [4.78, 5) is 21.2. The number of rotatable bonds is 6. The van der Waals surface area contributed by atoms with Gasteiger partial charge in [0.15, 0.2) is 6.61 Å². The number of carbonyl (C=O) groups is 1. The minimum absolute atomic E-state index is 0.157. The molecule has 1 saturated carbocycles. The summed E-state index contributed by atoms with van der Waals surface area (Å²) in [6.45, 7) is 11.2. The Bertz CT molecular complexity index is 754. The fraction of sp³-hybridized carbons (Fsp3) is 0.727. The van der Waals surface area contributed by atoms with Crippen LogP contribution in [-0.4, -0.2) is 33.9 Å². The molecule has 0 aliphatic heterocycles. The Labute approximate surface area is 178 Å². The molecule has 1 heterocycles. The maximum Gasteiger partial charge on any atom is 0.344 e. The number of hydrogen-bond acceptors (Lipinski definition) is 7. The highest BCUT2D eigenvalue weighted by Gasteiger charge is 2.26. The topological polar surface area (TPSA) is 85.1 Å². The number of thioether (sulfide) groups is 1. The van der Waals surface area contributed by atoms with Gasteiger partial charge < -0.3 is 9.47 Å². The monoisotopic (exact) mass is 419 g/mol. The third-order valence-corrected chi connectivity index (χ3v) is 5.76. The molecule has 1 aliphatic carbocycles.